The largest absolute Gasteiger partial charge is 0.380 e. The Balaban J connectivity index is 0.00000484. The number of halogens is 2. The van der Waals surface area contributed by atoms with E-state index in [-0.39, 0.29) is 29.8 Å². The lowest BCUT2D eigenvalue weighted by atomic mass is 10.1. The van der Waals surface area contributed by atoms with Crippen LogP contribution in [-0.4, -0.2) is 44.7 Å². The number of benzene rings is 1. The van der Waals surface area contributed by atoms with Gasteiger partial charge in [0.15, 0.2) is 5.96 Å². The molecule has 0 fully saturated rings. The number of guanidine groups is 1. The lowest BCUT2D eigenvalue weighted by Gasteiger charge is -2.22. The van der Waals surface area contributed by atoms with Gasteiger partial charge in [-0.1, -0.05) is 26.0 Å². The monoisotopic (exact) mass is 437 g/mol. The minimum atomic E-state index is -0.215. The number of ether oxygens (including phenoxy) is 1. The summed E-state index contributed by atoms with van der Waals surface area (Å²) in [6, 6.07) is 6.52. The van der Waals surface area contributed by atoms with Gasteiger partial charge in [0.2, 0.25) is 0 Å². The van der Waals surface area contributed by atoms with Gasteiger partial charge in [-0.25, -0.2) is 4.39 Å². The molecule has 23 heavy (non-hydrogen) atoms. The first-order valence-electron chi connectivity index (χ1n) is 7.77. The summed E-state index contributed by atoms with van der Waals surface area (Å²) in [6.07, 6.45) is 1.08. The molecule has 1 aromatic carbocycles. The van der Waals surface area contributed by atoms with Crippen LogP contribution in [0.4, 0.5) is 4.39 Å². The van der Waals surface area contributed by atoms with Crippen LogP contribution in [0, 0.1) is 11.7 Å². The molecule has 1 aromatic rings. The predicted octanol–water partition coefficient (Wildman–Crippen LogP) is 3.51. The lowest BCUT2D eigenvalue weighted by molar-refractivity contribution is 0.127. The SMILES string of the molecule is CN=C(NCCOCCC(C)C)N(C)Cc1ccc(F)cc1.I. The van der Waals surface area contributed by atoms with Gasteiger partial charge >= 0.3 is 0 Å². The third-order valence-electron chi connectivity index (χ3n) is 3.28. The number of hydrogen-bond donors (Lipinski definition) is 1. The molecule has 0 atom stereocenters. The zero-order chi connectivity index (χ0) is 16.4. The molecule has 0 saturated heterocycles. The van der Waals surface area contributed by atoms with Crippen LogP contribution in [0.1, 0.15) is 25.8 Å². The van der Waals surface area contributed by atoms with Crippen molar-refractivity contribution in [2.24, 2.45) is 10.9 Å². The number of nitrogens with one attached hydrogen (secondary N) is 1. The van der Waals surface area contributed by atoms with Crippen molar-refractivity contribution in [3.05, 3.63) is 35.6 Å². The Morgan fingerprint density at radius 1 is 1.26 bits per heavy atom. The average Bonchev–Trinajstić information content (AvgIpc) is 2.48. The molecular weight excluding hydrogens is 408 g/mol. The molecule has 1 rings (SSSR count). The molecule has 0 aliphatic heterocycles. The highest BCUT2D eigenvalue weighted by molar-refractivity contribution is 14.0. The molecule has 0 aliphatic rings. The van der Waals surface area contributed by atoms with Gasteiger partial charge in [-0.05, 0) is 30.0 Å². The minimum Gasteiger partial charge on any atom is -0.380 e. The molecule has 6 heteroatoms. The van der Waals surface area contributed by atoms with Gasteiger partial charge in [0.05, 0.1) is 6.61 Å². The maximum absolute atomic E-state index is 12.9. The summed E-state index contributed by atoms with van der Waals surface area (Å²) in [5, 5.41) is 3.27. The summed E-state index contributed by atoms with van der Waals surface area (Å²) >= 11 is 0. The van der Waals surface area contributed by atoms with E-state index in [1.807, 2.05) is 11.9 Å². The van der Waals surface area contributed by atoms with Gasteiger partial charge in [0.25, 0.3) is 0 Å². The van der Waals surface area contributed by atoms with Crippen LogP contribution in [-0.2, 0) is 11.3 Å². The summed E-state index contributed by atoms with van der Waals surface area (Å²) in [5.74, 6) is 1.26. The summed E-state index contributed by atoms with van der Waals surface area (Å²) in [6.45, 7) is 7.23. The van der Waals surface area contributed by atoms with Crippen molar-refractivity contribution in [2.45, 2.75) is 26.8 Å². The maximum atomic E-state index is 12.9. The van der Waals surface area contributed by atoms with E-state index in [0.717, 1.165) is 31.1 Å². The van der Waals surface area contributed by atoms with Crippen LogP contribution in [0.25, 0.3) is 0 Å². The minimum absolute atomic E-state index is 0. The summed E-state index contributed by atoms with van der Waals surface area (Å²) in [4.78, 5) is 6.25. The van der Waals surface area contributed by atoms with Crippen LogP contribution < -0.4 is 5.32 Å². The topological polar surface area (TPSA) is 36.9 Å². The lowest BCUT2D eigenvalue weighted by Crippen LogP contribution is -2.40. The van der Waals surface area contributed by atoms with Crippen molar-refractivity contribution in [1.29, 1.82) is 0 Å². The highest BCUT2D eigenvalue weighted by Gasteiger charge is 2.06. The summed E-state index contributed by atoms with van der Waals surface area (Å²) in [5.41, 5.74) is 1.04. The van der Waals surface area contributed by atoms with E-state index in [1.165, 1.54) is 12.1 Å². The van der Waals surface area contributed by atoms with Crippen LogP contribution >= 0.6 is 24.0 Å². The van der Waals surface area contributed by atoms with E-state index < -0.39 is 0 Å². The number of rotatable bonds is 8. The van der Waals surface area contributed by atoms with Crippen LogP contribution in [0.5, 0.6) is 0 Å². The standard InChI is InChI=1S/C17H28FN3O.HI/c1-14(2)9-11-22-12-10-20-17(19-3)21(4)13-15-5-7-16(18)8-6-15;/h5-8,14H,9-13H2,1-4H3,(H,19,20);1H. The van der Waals surface area contributed by atoms with Crippen molar-refractivity contribution in [2.75, 3.05) is 33.9 Å². The second-order valence-electron chi connectivity index (χ2n) is 5.75. The molecule has 0 aromatic heterocycles. The Kier molecular flexibility index (Phi) is 12.0. The molecule has 0 aliphatic carbocycles. The van der Waals surface area contributed by atoms with Gasteiger partial charge < -0.3 is 15.0 Å². The van der Waals surface area contributed by atoms with E-state index >= 15 is 0 Å². The van der Waals surface area contributed by atoms with Crippen LogP contribution in [0.15, 0.2) is 29.3 Å². The molecular formula is C17H29FIN3O. The Morgan fingerprint density at radius 3 is 2.48 bits per heavy atom. The highest BCUT2D eigenvalue weighted by Crippen LogP contribution is 2.05. The van der Waals surface area contributed by atoms with Gasteiger partial charge in [0, 0.05) is 33.8 Å². The fourth-order valence-corrected chi connectivity index (χ4v) is 1.98. The summed E-state index contributed by atoms with van der Waals surface area (Å²) < 4.78 is 18.5. The molecule has 0 spiro atoms. The Labute approximate surface area is 156 Å². The fraction of sp³-hybridized carbons (Fsp3) is 0.588. The number of nitrogens with zero attached hydrogens (tertiary/aromatic N) is 2. The third-order valence-corrected chi connectivity index (χ3v) is 3.28. The molecule has 1 N–H and O–H groups in total. The molecule has 0 bridgehead atoms. The second kappa shape index (κ2) is 12.5. The van der Waals surface area contributed by atoms with Crippen molar-refractivity contribution >= 4 is 29.9 Å². The first-order chi connectivity index (χ1) is 10.5. The molecule has 0 heterocycles. The zero-order valence-electron chi connectivity index (χ0n) is 14.5. The second-order valence-corrected chi connectivity index (χ2v) is 5.75. The zero-order valence-corrected chi connectivity index (χ0v) is 16.8. The highest BCUT2D eigenvalue weighted by atomic mass is 127. The van der Waals surface area contributed by atoms with Crippen molar-refractivity contribution in [1.82, 2.24) is 10.2 Å². The average molecular weight is 437 g/mol. The van der Waals surface area contributed by atoms with Crippen LogP contribution in [0.3, 0.4) is 0 Å². The molecule has 4 nitrogen and oxygen atoms in total. The first-order valence-corrected chi connectivity index (χ1v) is 7.77. The third kappa shape index (κ3) is 9.76. The molecule has 0 saturated carbocycles. The van der Waals surface area contributed by atoms with Crippen molar-refractivity contribution in [3.8, 4) is 0 Å². The van der Waals surface area contributed by atoms with Gasteiger partial charge in [0.1, 0.15) is 5.82 Å². The van der Waals surface area contributed by atoms with Gasteiger partial charge in [-0.2, -0.15) is 0 Å². The quantitative estimate of drug-likeness (QED) is 0.293. The molecule has 0 radical (unpaired) electrons. The Morgan fingerprint density at radius 2 is 1.91 bits per heavy atom. The van der Waals surface area contributed by atoms with E-state index in [1.54, 1.807) is 19.2 Å². The Bertz CT molecular complexity index is 452. The Hall–Kier alpha value is -0.890. The number of hydrogen-bond acceptors (Lipinski definition) is 2. The number of aliphatic imine (C=N–C) groups is 1. The smallest absolute Gasteiger partial charge is 0.193 e. The fourth-order valence-electron chi connectivity index (χ4n) is 1.98. The van der Waals surface area contributed by atoms with Crippen LogP contribution in [0.2, 0.25) is 0 Å². The molecule has 0 unspecified atom stereocenters. The summed E-state index contributed by atoms with van der Waals surface area (Å²) in [7, 11) is 3.71. The van der Waals surface area contributed by atoms with E-state index in [0.29, 0.717) is 19.1 Å². The van der Waals surface area contributed by atoms with Crippen molar-refractivity contribution in [3.63, 3.8) is 0 Å². The van der Waals surface area contributed by atoms with E-state index in [4.69, 9.17) is 4.74 Å². The maximum Gasteiger partial charge on any atom is 0.193 e. The normalized spacial score (nSPS) is 11.3. The predicted molar refractivity (Wildman–Crippen MR) is 105 cm³/mol. The van der Waals surface area contributed by atoms with Crippen molar-refractivity contribution < 1.29 is 9.13 Å². The first kappa shape index (κ1) is 22.1. The van der Waals surface area contributed by atoms with E-state index in [9.17, 15) is 4.39 Å². The van der Waals surface area contributed by atoms with Gasteiger partial charge in [-0.15, -0.1) is 24.0 Å². The van der Waals surface area contributed by atoms with Gasteiger partial charge in [-0.3, -0.25) is 4.99 Å². The molecule has 132 valence electrons. The van der Waals surface area contributed by atoms with E-state index in [2.05, 4.69) is 24.2 Å². The molecule has 0 amide bonds.